The minimum absolute atomic E-state index is 0.299. The summed E-state index contributed by atoms with van der Waals surface area (Å²) in [5.74, 6) is 2.23. The largest absolute Gasteiger partial charge is 0.372 e. The van der Waals surface area contributed by atoms with Crippen molar-refractivity contribution < 1.29 is 4.74 Å². The molecule has 0 aromatic carbocycles. The molecule has 13 saturated heterocycles. The van der Waals surface area contributed by atoms with Crippen LogP contribution >= 0.6 is 0 Å². The maximum absolute atomic E-state index is 5.73. The normalized spacial score (nSPS) is 33.0. The Labute approximate surface area is 788 Å². The van der Waals surface area contributed by atoms with E-state index in [0.717, 1.165) is 91.1 Å². The molecule has 12 spiro atoms. The lowest BCUT2D eigenvalue weighted by atomic mass is 9.63. The zero-order chi connectivity index (χ0) is 89.2. The number of ether oxygens (including phenoxy) is 1. The summed E-state index contributed by atoms with van der Waals surface area (Å²) in [5, 5.41) is 0. The van der Waals surface area contributed by atoms with Crippen LogP contribution in [0.5, 0.6) is 0 Å². The van der Waals surface area contributed by atoms with Gasteiger partial charge in [-0.3, -0.25) is 0 Å². The van der Waals surface area contributed by atoms with E-state index in [2.05, 4.69) is 155 Å². The van der Waals surface area contributed by atoms with Crippen LogP contribution in [0.4, 0.5) is 0 Å². The van der Waals surface area contributed by atoms with Crippen molar-refractivity contribution >= 4 is 0 Å². The first-order valence-electron chi connectivity index (χ1n) is 56.6. The van der Waals surface area contributed by atoms with Crippen LogP contribution in [0.15, 0.2) is 0 Å². The van der Waals surface area contributed by atoms with Gasteiger partial charge in [-0.25, -0.2) is 0 Å². The van der Waals surface area contributed by atoms with Gasteiger partial charge in [0.1, 0.15) is 0 Å². The standard InChI is InChI=1S/C11H21N.2C10H19N.5C9H17N.C8H15NO.2C8H15N.C7H13N.C6H11N/c1-12-9-7-11(8-10-12)5-3-2-4-6-11;1-11-8-6-10(7-9-11)4-2-3-5-10;1-11-8-7-10(9-11)5-3-2-4-6-10;2*1-10-7-5-9(6-8-10)3-2-4-9;1-10-7-6-9(8-10)4-2-3-5-9;2*1-10-7-9(8-10)5-3-2-4-6-9;1-9-5-6-10-8(7-9)3-2-4-8;1-9-6-5-8(7-9)3-2-4-8;1-9-6-8(7-9)4-2-3-5-8;1-8-5-7(6-8)3-2-4-7;1-7-3-5-2-6(5)4-7/h2-10H2,1H3;2*2-9H2,1H3;5*2-8H2,1H3;2-7H2,1H3;2*2-7H2,1H3;2-6H2,1H3;5-6H,2-4H2,1H3. The average molecular weight is 1770 g/mol. The first kappa shape index (κ1) is 102. The molecule has 26 rings (SSSR count). The number of hydrogen-bond acceptors (Lipinski definition) is 14. The molecule has 13 saturated carbocycles. The topological polar surface area (TPSA) is 51.4 Å². The molecule has 13 aliphatic heterocycles. The number of hydrogen-bond donors (Lipinski definition) is 0. The van der Waals surface area contributed by atoms with Crippen molar-refractivity contribution in [2.75, 3.05) is 268 Å². The summed E-state index contributed by atoms with van der Waals surface area (Å²) in [6.45, 7) is 36.0. The molecule has 13 aliphatic carbocycles. The summed E-state index contributed by atoms with van der Waals surface area (Å²) in [6, 6.07) is 0. The van der Waals surface area contributed by atoms with Gasteiger partial charge in [-0.1, -0.05) is 141 Å². The van der Waals surface area contributed by atoms with Crippen molar-refractivity contribution in [3.8, 4) is 0 Å². The lowest BCUT2D eigenvalue weighted by Gasteiger charge is -2.54. The average Bonchev–Trinajstić information content (AvgIpc) is 1.73. The molecule has 0 N–H and O–H groups in total. The third-order valence-corrected chi connectivity index (χ3v) is 41.1. The SMILES string of the molecule is CN1CC2(CCC2)C1.CN1CC2(CCCC2)C1.CN1CC2(CCCCC2)C1.CN1CC2(CCCCC2)C1.CN1CC2CC2C1.CN1CCC2(CCC2)C1.CN1CCC2(CCC2)CC1.CN1CCC2(CCC2)CC1.CN1CCC2(CCCC2)C1.CN1CCC2(CCCC2)CC1.CN1CCC2(CCCCC2)C1.CN1CCC2(CCCCC2)CC1.CN1CCOC2(CCC2)C1. The lowest BCUT2D eigenvalue weighted by Crippen LogP contribution is -2.57. The number of likely N-dealkylation sites (tertiary alicyclic amines) is 12. The Kier molecular flexibility index (Phi) is 37.8. The highest BCUT2D eigenvalue weighted by molar-refractivity contribution is 5.03. The molecular weight excluding hydrogens is 1560 g/mol. The number of morpholine rings is 1. The molecule has 2 atom stereocenters. The van der Waals surface area contributed by atoms with Gasteiger partial charge in [0, 0.05) is 98.2 Å². The second kappa shape index (κ2) is 46.9. The Balaban J connectivity index is 0.000000112. The molecule has 0 amide bonds. The van der Waals surface area contributed by atoms with Gasteiger partial charge in [0.2, 0.25) is 0 Å². The first-order valence-corrected chi connectivity index (χ1v) is 56.6. The number of fused-ring (bicyclic) bond motifs is 1. The van der Waals surface area contributed by atoms with E-state index in [4.69, 9.17) is 4.74 Å². The Bertz CT molecular complexity index is 2950. The van der Waals surface area contributed by atoms with Crippen molar-refractivity contribution in [1.82, 2.24) is 63.7 Å². The predicted molar refractivity (Wildman–Crippen MR) is 542 cm³/mol. The van der Waals surface area contributed by atoms with Crippen LogP contribution in [0.2, 0.25) is 0 Å². The smallest absolute Gasteiger partial charge is 0.0809 e. The van der Waals surface area contributed by atoms with E-state index in [9.17, 15) is 0 Å². The number of nitrogens with zero attached hydrogens (tertiary/aromatic N) is 13. The minimum atomic E-state index is 0.299. The minimum Gasteiger partial charge on any atom is -0.372 e. The van der Waals surface area contributed by atoms with Gasteiger partial charge in [0.05, 0.1) is 12.2 Å². The maximum Gasteiger partial charge on any atom is 0.0809 e. The molecule has 2 unspecified atom stereocenters. The van der Waals surface area contributed by atoms with E-state index in [0.29, 0.717) is 5.60 Å². The summed E-state index contributed by atoms with van der Waals surface area (Å²) in [6.07, 6.45) is 88.0. The quantitative estimate of drug-likeness (QED) is 0.231. The van der Waals surface area contributed by atoms with Gasteiger partial charge in [0.25, 0.3) is 0 Å². The molecule has 13 heterocycles. The lowest BCUT2D eigenvalue weighted by molar-refractivity contribution is -0.146. The van der Waals surface area contributed by atoms with Gasteiger partial charge in [0.15, 0.2) is 0 Å². The fourth-order valence-corrected chi connectivity index (χ4v) is 31.6. The number of rotatable bonds is 0. The fourth-order valence-electron chi connectivity index (χ4n) is 31.6. The Morgan fingerprint density at radius 1 is 0.150 bits per heavy atom. The Morgan fingerprint density at radius 3 is 0.496 bits per heavy atom. The highest BCUT2D eigenvalue weighted by Gasteiger charge is 2.50. The maximum atomic E-state index is 5.73. The summed E-state index contributed by atoms with van der Waals surface area (Å²) in [4.78, 5) is 31.9. The summed E-state index contributed by atoms with van der Waals surface area (Å²) < 4.78 is 5.73. The monoisotopic (exact) mass is 1770 g/mol. The second-order valence-corrected chi connectivity index (χ2v) is 52.7. The second-order valence-electron chi connectivity index (χ2n) is 52.7. The molecule has 26 fully saturated rings. The predicted octanol–water partition coefficient (Wildman–Crippen LogP) is 22.1. The molecule has 0 radical (unpaired) electrons. The van der Waals surface area contributed by atoms with Gasteiger partial charge in [-0.2, -0.15) is 0 Å². The third kappa shape index (κ3) is 29.8. The first-order chi connectivity index (χ1) is 61.1. The molecule has 127 heavy (non-hydrogen) atoms. The Morgan fingerprint density at radius 2 is 0.331 bits per heavy atom. The van der Waals surface area contributed by atoms with Crippen molar-refractivity contribution in [2.45, 2.75) is 384 Å². The van der Waals surface area contributed by atoms with Crippen LogP contribution < -0.4 is 0 Å². The van der Waals surface area contributed by atoms with Crippen molar-refractivity contribution in [1.29, 1.82) is 0 Å². The van der Waals surface area contributed by atoms with Gasteiger partial charge in [-0.05, 0) is 473 Å². The van der Waals surface area contributed by atoms with E-state index >= 15 is 0 Å². The van der Waals surface area contributed by atoms with Crippen LogP contribution in [0.3, 0.4) is 0 Å². The number of piperidine rings is 5. The van der Waals surface area contributed by atoms with Gasteiger partial charge in [-0.15, -0.1) is 0 Å². The zero-order valence-electron chi connectivity index (χ0n) is 87.2. The van der Waals surface area contributed by atoms with E-state index in [1.807, 2.05) is 0 Å². The highest BCUT2D eigenvalue weighted by atomic mass is 16.5. The van der Waals surface area contributed by atoms with E-state index in [-0.39, 0.29) is 0 Å². The van der Waals surface area contributed by atoms with Gasteiger partial charge < -0.3 is 68.4 Å². The third-order valence-electron chi connectivity index (χ3n) is 41.1. The van der Waals surface area contributed by atoms with Crippen LogP contribution in [-0.4, -0.2) is 338 Å². The summed E-state index contributed by atoms with van der Waals surface area (Å²) in [7, 11) is 29.1. The van der Waals surface area contributed by atoms with E-state index in [1.165, 1.54) is 536 Å². The number of likely N-dealkylation sites (N-methyl/N-ethyl adjacent to an activating group) is 1. The van der Waals surface area contributed by atoms with Crippen LogP contribution in [0.25, 0.3) is 0 Å². The van der Waals surface area contributed by atoms with Crippen molar-refractivity contribution in [3.05, 3.63) is 0 Å². The fraction of sp³-hybridized carbons (Fsp3) is 1.00. The van der Waals surface area contributed by atoms with E-state index < -0.39 is 0 Å². The molecule has 14 heteroatoms. The Hall–Kier alpha value is -0.560. The van der Waals surface area contributed by atoms with Crippen LogP contribution in [-0.2, 0) is 4.74 Å². The van der Waals surface area contributed by atoms with Crippen molar-refractivity contribution in [2.24, 2.45) is 71.4 Å². The van der Waals surface area contributed by atoms with Crippen molar-refractivity contribution in [3.63, 3.8) is 0 Å². The molecular formula is C113H213N13O. The molecule has 0 bridgehead atoms. The zero-order valence-corrected chi connectivity index (χ0v) is 87.2. The molecule has 0 aromatic heterocycles. The van der Waals surface area contributed by atoms with Crippen LogP contribution in [0.1, 0.15) is 379 Å². The summed E-state index contributed by atoms with van der Waals surface area (Å²) in [5.41, 5.74) is 9.21. The van der Waals surface area contributed by atoms with E-state index in [1.54, 1.807) is 0 Å². The van der Waals surface area contributed by atoms with Crippen LogP contribution in [0, 0.1) is 71.4 Å². The molecule has 736 valence electrons. The van der Waals surface area contributed by atoms with Gasteiger partial charge >= 0.3 is 0 Å². The highest BCUT2D eigenvalue weighted by Crippen LogP contribution is 2.55. The summed E-state index contributed by atoms with van der Waals surface area (Å²) >= 11 is 0. The molecule has 14 nitrogen and oxygen atoms in total. The molecule has 26 aliphatic rings. The molecule has 0 aromatic rings.